The Labute approximate surface area is 130 Å². The Morgan fingerprint density at radius 2 is 1.60 bits per heavy atom. The molecule has 4 aromatic rings. The van der Waals surface area contributed by atoms with Crippen LogP contribution in [0.2, 0.25) is 0 Å². The van der Waals surface area contributed by atoms with Gasteiger partial charge in [0.2, 0.25) is 0 Å². The first-order valence-corrected chi connectivity index (χ1v) is 7.57. The summed E-state index contributed by atoms with van der Waals surface area (Å²) in [5.41, 5.74) is 4.25. The Morgan fingerprint density at radius 1 is 0.750 bits per heavy atom. The van der Waals surface area contributed by atoms with Crippen LogP contribution in [0, 0.1) is 3.57 Å². The van der Waals surface area contributed by atoms with Crippen molar-refractivity contribution in [3.8, 4) is 11.1 Å². The molecule has 0 radical (unpaired) electrons. The predicted octanol–water partition coefficient (Wildman–Crippen LogP) is 5.86. The minimum Gasteiger partial charge on any atom is -0.455 e. The van der Waals surface area contributed by atoms with Crippen molar-refractivity contribution < 1.29 is 4.42 Å². The molecule has 0 aliphatic rings. The Balaban J connectivity index is 2.11. The van der Waals surface area contributed by atoms with Crippen molar-refractivity contribution in [1.29, 1.82) is 0 Å². The quantitative estimate of drug-likeness (QED) is 0.383. The minimum atomic E-state index is 0.948. The fraction of sp³-hybridized carbons (Fsp3) is 0. The van der Waals surface area contributed by atoms with Crippen LogP contribution >= 0.6 is 22.6 Å². The number of fused-ring (bicyclic) bond motifs is 3. The summed E-state index contributed by atoms with van der Waals surface area (Å²) in [5, 5.41) is 2.37. The summed E-state index contributed by atoms with van der Waals surface area (Å²) in [5.74, 6) is 0. The largest absolute Gasteiger partial charge is 0.455 e. The van der Waals surface area contributed by atoms with Crippen LogP contribution in [-0.2, 0) is 0 Å². The van der Waals surface area contributed by atoms with Crippen molar-refractivity contribution in [2.45, 2.75) is 0 Å². The van der Waals surface area contributed by atoms with Gasteiger partial charge < -0.3 is 4.42 Å². The number of hydrogen-bond donors (Lipinski definition) is 0. The number of rotatable bonds is 1. The van der Waals surface area contributed by atoms with Gasteiger partial charge in [-0.15, -0.1) is 0 Å². The molecular formula is C18H11IO. The lowest BCUT2D eigenvalue weighted by molar-refractivity contribution is 0.670. The fourth-order valence-electron chi connectivity index (χ4n) is 2.62. The molecule has 0 saturated carbocycles. The van der Waals surface area contributed by atoms with Crippen LogP contribution in [0.5, 0.6) is 0 Å². The number of para-hydroxylation sites is 1. The Morgan fingerprint density at radius 3 is 2.45 bits per heavy atom. The normalized spacial score (nSPS) is 11.2. The molecule has 0 aliphatic heterocycles. The first kappa shape index (κ1) is 12.0. The summed E-state index contributed by atoms with van der Waals surface area (Å²) in [7, 11) is 0. The van der Waals surface area contributed by atoms with Gasteiger partial charge in [-0.05, 0) is 46.4 Å². The lowest BCUT2D eigenvalue weighted by atomic mass is 10.0. The molecule has 0 fully saturated rings. The maximum absolute atomic E-state index is 6.09. The molecule has 1 nitrogen and oxygen atoms in total. The zero-order chi connectivity index (χ0) is 13.5. The molecular weight excluding hydrogens is 359 g/mol. The summed E-state index contributed by atoms with van der Waals surface area (Å²) < 4.78 is 7.31. The molecule has 0 amide bonds. The molecule has 0 bridgehead atoms. The smallest absolute Gasteiger partial charge is 0.143 e. The van der Waals surface area contributed by atoms with Crippen molar-refractivity contribution in [2.24, 2.45) is 0 Å². The number of halogens is 1. The van der Waals surface area contributed by atoms with E-state index in [1.54, 1.807) is 0 Å². The lowest BCUT2D eigenvalue weighted by Crippen LogP contribution is -1.77. The van der Waals surface area contributed by atoms with Crippen LogP contribution in [0.15, 0.2) is 71.1 Å². The standard InChI is InChI=1S/C18H11IO/c19-13-9-10-17-16(11-13)15-8-4-7-14(18(15)20-17)12-5-2-1-3-6-12/h1-11H. The fourth-order valence-corrected chi connectivity index (χ4v) is 3.11. The summed E-state index contributed by atoms with van der Waals surface area (Å²) in [6, 6.07) is 23.0. The topological polar surface area (TPSA) is 13.1 Å². The van der Waals surface area contributed by atoms with Crippen LogP contribution in [0.4, 0.5) is 0 Å². The molecule has 3 aromatic carbocycles. The predicted molar refractivity (Wildman–Crippen MR) is 91.9 cm³/mol. The SMILES string of the molecule is Ic1ccc2oc3c(-c4ccccc4)cccc3c2c1. The van der Waals surface area contributed by atoms with Crippen LogP contribution in [0.1, 0.15) is 0 Å². The van der Waals surface area contributed by atoms with Gasteiger partial charge in [0, 0.05) is 19.9 Å². The maximum Gasteiger partial charge on any atom is 0.143 e. The summed E-state index contributed by atoms with van der Waals surface area (Å²) >= 11 is 2.34. The van der Waals surface area contributed by atoms with Crippen molar-refractivity contribution >= 4 is 44.5 Å². The molecule has 96 valence electrons. The second-order valence-corrected chi connectivity index (χ2v) is 6.04. The van der Waals surface area contributed by atoms with E-state index in [0.29, 0.717) is 0 Å². The molecule has 0 spiro atoms. The van der Waals surface area contributed by atoms with Gasteiger partial charge in [-0.3, -0.25) is 0 Å². The van der Waals surface area contributed by atoms with Crippen molar-refractivity contribution in [2.75, 3.05) is 0 Å². The zero-order valence-corrected chi connectivity index (χ0v) is 12.8. The highest BCUT2D eigenvalue weighted by atomic mass is 127. The van der Waals surface area contributed by atoms with E-state index in [4.69, 9.17) is 4.42 Å². The van der Waals surface area contributed by atoms with E-state index in [1.165, 1.54) is 19.9 Å². The molecule has 0 saturated heterocycles. The van der Waals surface area contributed by atoms with Gasteiger partial charge in [0.05, 0.1) is 0 Å². The van der Waals surface area contributed by atoms with Crippen LogP contribution < -0.4 is 0 Å². The first-order chi connectivity index (χ1) is 9.83. The second kappa shape index (κ2) is 4.63. The molecule has 0 aliphatic carbocycles. The van der Waals surface area contributed by atoms with Gasteiger partial charge in [0.1, 0.15) is 11.2 Å². The van der Waals surface area contributed by atoms with Crippen molar-refractivity contribution in [3.05, 3.63) is 70.3 Å². The minimum absolute atomic E-state index is 0.948. The number of hydrogen-bond acceptors (Lipinski definition) is 1. The third kappa shape index (κ3) is 1.83. The van der Waals surface area contributed by atoms with Gasteiger partial charge in [-0.2, -0.15) is 0 Å². The van der Waals surface area contributed by atoms with Crippen LogP contribution in [-0.4, -0.2) is 0 Å². The van der Waals surface area contributed by atoms with E-state index >= 15 is 0 Å². The second-order valence-electron chi connectivity index (χ2n) is 4.79. The van der Waals surface area contributed by atoms with Gasteiger partial charge in [0.15, 0.2) is 0 Å². The third-order valence-corrected chi connectivity index (χ3v) is 4.21. The number of furan rings is 1. The van der Waals surface area contributed by atoms with Gasteiger partial charge in [-0.1, -0.05) is 48.5 Å². The Bertz CT molecular complexity index is 907. The van der Waals surface area contributed by atoms with Crippen LogP contribution in [0.25, 0.3) is 33.1 Å². The van der Waals surface area contributed by atoms with E-state index in [0.717, 1.165) is 16.7 Å². The van der Waals surface area contributed by atoms with Gasteiger partial charge >= 0.3 is 0 Å². The maximum atomic E-state index is 6.09. The molecule has 4 rings (SSSR count). The van der Waals surface area contributed by atoms with E-state index in [1.807, 2.05) is 12.1 Å². The monoisotopic (exact) mass is 370 g/mol. The lowest BCUT2D eigenvalue weighted by Gasteiger charge is -2.01. The van der Waals surface area contributed by atoms with Gasteiger partial charge in [-0.25, -0.2) is 0 Å². The third-order valence-electron chi connectivity index (χ3n) is 3.54. The summed E-state index contributed by atoms with van der Waals surface area (Å²) in [4.78, 5) is 0. The number of benzene rings is 3. The average Bonchev–Trinajstić information content (AvgIpc) is 2.86. The Hall–Kier alpha value is -1.81. The van der Waals surface area contributed by atoms with Crippen molar-refractivity contribution in [1.82, 2.24) is 0 Å². The average molecular weight is 370 g/mol. The van der Waals surface area contributed by atoms with Crippen LogP contribution in [0.3, 0.4) is 0 Å². The summed E-state index contributed by atoms with van der Waals surface area (Å²) in [6.45, 7) is 0. The highest BCUT2D eigenvalue weighted by Crippen LogP contribution is 2.36. The summed E-state index contributed by atoms with van der Waals surface area (Å²) in [6.07, 6.45) is 0. The molecule has 1 heterocycles. The van der Waals surface area contributed by atoms with E-state index in [-0.39, 0.29) is 0 Å². The highest BCUT2D eigenvalue weighted by Gasteiger charge is 2.11. The molecule has 20 heavy (non-hydrogen) atoms. The van der Waals surface area contributed by atoms with E-state index < -0.39 is 0 Å². The zero-order valence-electron chi connectivity index (χ0n) is 10.6. The molecule has 0 atom stereocenters. The highest BCUT2D eigenvalue weighted by molar-refractivity contribution is 14.1. The first-order valence-electron chi connectivity index (χ1n) is 6.49. The van der Waals surface area contributed by atoms with Gasteiger partial charge in [0.25, 0.3) is 0 Å². The molecule has 1 aromatic heterocycles. The molecule has 0 unspecified atom stereocenters. The molecule has 2 heteroatoms. The van der Waals surface area contributed by atoms with E-state index in [9.17, 15) is 0 Å². The van der Waals surface area contributed by atoms with E-state index in [2.05, 4.69) is 77.2 Å². The Kier molecular flexibility index (Phi) is 2.77. The van der Waals surface area contributed by atoms with Crippen molar-refractivity contribution in [3.63, 3.8) is 0 Å². The molecule has 0 N–H and O–H groups in total.